The number of rotatable bonds is 4. The minimum absolute atomic E-state index is 0.00924. The first-order valence-electron chi connectivity index (χ1n) is 5.73. The fourth-order valence-electron chi connectivity index (χ4n) is 1.77. The number of hydrogen-bond donors (Lipinski definition) is 2. The summed E-state index contributed by atoms with van der Waals surface area (Å²) in [6.07, 6.45) is 1.08. The van der Waals surface area contributed by atoms with Gasteiger partial charge in [0.05, 0.1) is 5.69 Å². The molecule has 0 aliphatic heterocycles. The van der Waals surface area contributed by atoms with Gasteiger partial charge in [-0.25, -0.2) is 8.42 Å². The largest absolute Gasteiger partial charge is 0.396 e. The summed E-state index contributed by atoms with van der Waals surface area (Å²) in [4.78, 5) is 0.218. The van der Waals surface area contributed by atoms with Crippen LogP contribution in [-0.2, 0) is 16.4 Å². The van der Waals surface area contributed by atoms with E-state index in [1.165, 1.54) is 0 Å². The molecule has 0 amide bonds. The molecule has 104 valence electrons. The van der Waals surface area contributed by atoms with Crippen LogP contribution in [0.25, 0.3) is 0 Å². The topological polar surface area (TPSA) is 96.0 Å². The van der Waals surface area contributed by atoms with Gasteiger partial charge in [0.15, 0.2) is 9.84 Å². The van der Waals surface area contributed by atoms with Crippen LogP contribution >= 0.6 is 11.3 Å². The molecule has 0 aliphatic carbocycles. The first-order chi connectivity index (χ1) is 9.43. The van der Waals surface area contributed by atoms with Crippen molar-refractivity contribution in [3.8, 4) is 6.07 Å². The van der Waals surface area contributed by atoms with Gasteiger partial charge in [-0.2, -0.15) is 5.26 Å². The summed E-state index contributed by atoms with van der Waals surface area (Å²) in [5.74, 6) is 0. The molecule has 0 saturated heterocycles. The SMILES string of the molecule is CS(=O)(=O)c1c(NCc2ccccc2)sc(C#N)c1N. The molecule has 1 heterocycles. The lowest BCUT2D eigenvalue weighted by atomic mass is 10.2. The fourth-order valence-corrected chi connectivity index (χ4v) is 4.14. The van der Waals surface area contributed by atoms with E-state index in [0.29, 0.717) is 11.5 Å². The molecule has 0 spiro atoms. The van der Waals surface area contributed by atoms with E-state index in [4.69, 9.17) is 11.0 Å². The predicted octanol–water partition coefficient (Wildman–Crippen LogP) is 2.22. The molecule has 0 radical (unpaired) electrons. The summed E-state index contributed by atoms with van der Waals surface area (Å²) in [6, 6.07) is 11.5. The van der Waals surface area contributed by atoms with Crippen LogP contribution in [0.3, 0.4) is 0 Å². The van der Waals surface area contributed by atoms with E-state index in [1.807, 2.05) is 36.4 Å². The standard InChI is InChI=1S/C13H13N3O2S2/c1-20(17,18)12-11(15)10(7-14)19-13(12)16-8-9-5-3-2-4-6-9/h2-6,16H,8,15H2,1H3. The van der Waals surface area contributed by atoms with E-state index in [1.54, 1.807) is 0 Å². The predicted molar refractivity (Wildman–Crippen MR) is 80.3 cm³/mol. The van der Waals surface area contributed by atoms with E-state index >= 15 is 0 Å². The second-order valence-electron chi connectivity index (χ2n) is 4.23. The third-order valence-corrected chi connectivity index (χ3v) is 5.03. The van der Waals surface area contributed by atoms with E-state index in [0.717, 1.165) is 23.2 Å². The number of nitrogens with one attached hydrogen (secondary N) is 1. The first kappa shape index (κ1) is 14.4. The number of sulfone groups is 1. The molecule has 1 aromatic heterocycles. The minimum atomic E-state index is -3.49. The Kier molecular flexibility index (Phi) is 3.97. The Balaban J connectivity index is 2.35. The maximum atomic E-state index is 11.8. The number of benzene rings is 1. The number of hydrogen-bond acceptors (Lipinski definition) is 6. The molecule has 0 atom stereocenters. The number of thiophene rings is 1. The molecular weight excluding hydrogens is 294 g/mol. The van der Waals surface area contributed by atoms with Gasteiger partial charge in [0.1, 0.15) is 20.8 Å². The fraction of sp³-hybridized carbons (Fsp3) is 0.154. The Morgan fingerprint density at radius 3 is 2.55 bits per heavy atom. The highest BCUT2D eigenvalue weighted by Gasteiger charge is 2.23. The van der Waals surface area contributed by atoms with Crippen LogP contribution < -0.4 is 11.1 Å². The highest BCUT2D eigenvalue weighted by molar-refractivity contribution is 7.91. The van der Waals surface area contributed by atoms with Crippen LogP contribution in [0.1, 0.15) is 10.4 Å². The number of nitrogen functional groups attached to an aromatic ring is 1. The van der Waals surface area contributed by atoms with Crippen LogP contribution in [0.15, 0.2) is 35.2 Å². The Hall–Kier alpha value is -2.04. The van der Waals surface area contributed by atoms with E-state index in [-0.39, 0.29) is 15.5 Å². The number of nitrogens with two attached hydrogens (primary N) is 1. The second-order valence-corrected chi connectivity index (χ2v) is 7.20. The van der Waals surface area contributed by atoms with Crippen molar-refractivity contribution in [2.75, 3.05) is 17.3 Å². The van der Waals surface area contributed by atoms with Gasteiger partial charge < -0.3 is 11.1 Å². The molecule has 2 aromatic rings. The molecule has 5 nitrogen and oxygen atoms in total. The average Bonchev–Trinajstić information content (AvgIpc) is 2.73. The van der Waals surface area contributed by atoms with Crippen molar-refractivity contribution in [2.24, 2.45) is 0 Å². The number of anilines is 2. The highest BCUT2D eigenvalue weighted by atomic mass is 32.2. The molecule has 3 N–H and O–H groups in total. The summed E-state index contributed by atoms with van der Waals surface area (Å²) >= 11 is 1.06. The zero-order valence-corrected chi connectivity index (χ0v) is 12.4. The summed E-state index contributed by atoms with van der Waals surface area (Å²) in [5.41, 5.74) is 6.77. The summed E-state index contributed by atoms with van der Waals surface area (Å²) in [5, 5.41) is 12.4. The van der Waals surface area contributed by atoms with Gasteiger partial charge in [0.25, 0.3) is 0 Å². The van der Waals surface area contributed by atoms with Crippen LogP contribution in [0.4, 0.5) is 10.7 Å². The summed E-state index contributed by atoms with van der Waals surface area (Å²) in [7, 11) is -3.49. The molecule has 1 aromatic carbocycles. The van der Waals surface area contributed by atoms with Gasteiger partial charge in [-0.1, -0.05) is 30.3 Å². The van der Waals surface area contributed by atoms with Crippen LogP contribution in [0, 0.1) is 11.3 Å². The Morgan fingerprint density at radius 1 is 1.35 bits per heavy atom. The highest BCUT2D eigenvalue weighted by Crippen LogP contribution is 2.38. The third kappa shape index (κ3) is 2.92. The monoisotopic (exact) mass is 307 g/mol. The smallest absolute Gasteiger partial charge is 0.180 e. The molecular formula is C13H13N3O2S2. The van der Waals surface area contributed by atoms with Crippen LogP contribution in [0.5, 0.6) is 0 Å². The molecule has 0 unspecified atom stereocenters. The van der Waals surface area contributed by atoms with Crippen molar-refractivity contribution in [3.05, 3.63) is 40.8 Å². The lowest BCUT2D eigenvalue weighted by Crippen LogP contribution is -2.05. The number of nitriles is 1. The van der Waals surface area contributed by atoms with Crippen molar-refractivity contribution >= 4 is 31.9 Å². The van der Waals surface area contributed by atoms with Gasteiger partial charge in [-0.15, -0.1) is 11.3 Å². The molecule has 2 rings (SSSR count). The lowest BCUT2D eigenvalue weighted by Gasteiger charge is -2.06. The van der Waals surface area contributed by atoms with Crippen LogP contribution in [-0.4, -0.2) is 14.7 Å². The molecule has 0 saturated carbocycles. The first-order valence-corrected chi connectivity index (χ1v) is 8.44. The van der Waals surface area contributed by atoms with Crippen molar-refractivity contribution < 1.29 is 8.42 Å². The lowest BCUT2D eigenvalue weighted by molar-refractivity contribution is 0.603. The second kappa shape index (κ2) is 5.53. The maximum Gasteiger partial charge on any atom is 0.180 e. The molecule has 7 heteroatoms. The van der Waals surface area contributed by atoms with Gasteiger partial charge in [0.2, 0.25) is 0 Å². The Morgan fingerprint density at radius 2 is 2.00 bits per heavy atom. The Labute approximate surface area is 121 Å². The zero-order valence-electron chi connectivity index (χ0n) is 10.8. The quantitative estimate of drug-likeness (QED) is 0.903. The zero-order chi connectivity index (χ0) is 14.8. The Bertz CT molecular complexity index is 759. The summed E-state index contributed by atoms with van der Waals surface area (Å²) < 4.78 is 23.6. The minimum Gasteiger partial charge on any atom is -0.396 e. The van der Waals surface area contributed by atoms with Crippen molar-refractivity contribution in [2.45, 2.75) is 11.4 Å². The van der Waals surface area contributed by atoms with Gasteiger partial charge in [0, 0.05) is 12.8 Å². The molecule has 0 fully saturated rings. The van der Waals surface area contributed by atoms with Crippen molar-refractivity contribution in [1.29, 1.82) is 5.26 Å². The normalized spacial score (nSPS) is 11.0. The van der Waals surface area contributed by atoms with Gasteiger partial charge in [-0.05, 0) is 5.56 Å². The van der Waals surface area contributed by atoms with Crippen LogP contribution in [0.2, 0.25) is 0 Å². The summed E-state index contributed by atoms with van der Waals surface area (Å²) in [6.45, 7) is 0.466. The van der Waals surface area contributed by atoms with Gasteiger partial charge >= 0.3 is 0 Å². The molecule has 20 heavy (non-hydrogen) atoms. The third-order valence-electron chi connectivity index (χ3n) is 2.67. The molecule has 0 aliphatic rings. The maximum absolute atomic E-state index is 11.8. The van der Waals surface area contributed by atoms with Gasteiger partial charge in [-0.3, -0.25) is 0 Å². The van der Waals surface area contributed by atoms with Crippen molar-refractivity contribution in [1.82, 2.24) is 0 Å². The average molecular weight is 307 g/mol. The van der Waals surface area contributed by atoms with E-state index < -0.39 is 9.84 Å². The van der Waals surface area contributed by atoms with Crippen molar-refractivity contribution in [3.63, 3.8) is 0 Å². The number of nitrogens with zero attached hydrogens (tertiary/aromatic N) is 1. The van der Waals surface area contributed by atoms with E-state index in [2.05, 4.69) is 5.32 Å². The van der Waals surface area contributed by atoms with E-state index in [9.17, 15) is 8.42 Å². The molecule has 0 bridgehead atoms.